The lowest BCUT2D eigenvalue weighted by atomic mass is 10.1. The maximum atomic E-state index is 11.1. The van der Waals surface area contributed by atoms with Gasteiger partial charge < -0.3 is 19.3 Å². The van der Waals surface area contributed by atoms with Crippen molar-refractivity contribution in [2.45, 2.75) is 52.6 Å². The first-order valence-electron chi connectivity index (χ1n) is 16.3. The highest BCUT2D eigenvalue weighted by Gasteiger charge is 2.15. The van der Waals surface area contributed by atoms with Crippen LogP contribution in [0, 0.1) is 0 Å². The zero-order chi connectivity index (χ0) is 32.5. The van der Waals surface area contributed by atoms with Gasteiger partial charge in [-0.25, -0.2) is 0 Å². The van der Waals surface area contributed by atoms with Gasteiger partial charge in [0.25, 0.3) is 0 Å². The van der Waals surface area contributed by atoms with Crippen molar-refractivity contribution in [1.82, 2.24) is 9.13 Å². The van der Waals surface area contributed by atoms with Gasteiger partial charge in [-0.05, 0) is 67.4 Å². The molecule has 0 aliphatic heterocycles. The number of benzene rings is 5. The van der Waals surface area contributed by atoms with E-state index in [4.69, 9.17) is 21.6 Å². The molecule has 0 spiro atoms. The van der Waals surface area contributed by atoms with Crippen molar-refractivity contribution >= 4 is 79.0 Å². The number of halogens is 1. The third-order valence-electron chi connectivity index (χ3n) is 8.94. The average Bonchev–Trinajstić information content (AvgIpc) is 3.55. The van der Waals surface area contributed by atoms with Gasteiger partial charge in [0.2, 0.25) is 0 Å². The molecule has 7 aromatic rings. The highest BCUT2D eigenvalue weighted by molar-refractivity contribution is 6.31. The van der Waals surface area contributed by atoms with Gasteiger partial charge in [-0.2, -0.15) is 0 Å². The van der Waals surface area contributed by atoms with Gasteiger partial charge >= 0.3 is 0 Å². The first-order valence-corrected chi connectivity index (χ1v) is 16.7. The third-order valence-corrected chi connectivity index (χ3v) is 9.17. The smallest absolute Gasteiger partial charge is 0.125 e. The van der Waals surface area contributed by atoms with Gasteiger partial charge in [0, 0.05) is 74.2 Å². The Kier molecular flexibility index (Phi) is 8.44. The quantitative estimate of drug-likeness (QED) is 0.146. The van der Waals surface area contributed by atoms with Crippen molar-refractivity contribution in [2.75, 3.05) is 0 Å². The summed E-state index contributed by atoms with van der Waals surface area (Å²) in [5.41, 5.74) is 6.81. The molecule has 47 heavy (non-hydrogen) atoms. The van der Waals surface area contributed by atoms with Gasteiger partial charge in [0.05, 0.1) is 22.4 Å². The number of aromatic nitrogens is 2. The first-order chi connectivity index (χ1) is 23.0. The Morgan fingerprint density at radius 3 is 1.57 bits per heavy atom. The number of rotatable bonds is 10. The number of para-hydroxylation sites is 2. The van der Waals surface area contributed by atoms with Crippen molar-refractivity contribution in [2.24, 2.45) is 9.98 Å². The molecule has 5 aromatic carbocycles. The van der Waals surface area contributed by atoms with E-state index in [9.17, 15) is 10.2 Å². The van der Waals surface area contributed by atoms with Crippen LogP contribution in [0.2, 0.25) is 5.02 Å². The van der Waals surface area contributed by atoms with Crippen molar-refractivity contribution in [1.29, 1.82) is 0 Å². The maximum Gasteiger partial charge on any atom is 0.125 e. The number of hydrogen-bond donors (Lipinski definition) is 2. The zero-order valence-corrected chi connectivity index (χ0v) is 27.4. The fraction of sp³-hybridized carbons (Fsp3) is 0.200. The molecule has 0 aliphatic rings. The van der Waals surface area contributed by atoms with E-state index >= 15 is 0 Å². The summed E-state index contributed by atoms with van der Waals surface area (Å²) in [7, 11) is 0. The molecule has 0 fully saturated rings. The molecular weight excluding hydrogens is 604 g/mol. The lowest BCUT2D eigenvalue weighted by molar-refractivity contribution is 0.474. The van der Waals surface area contributed by atoms with Crippen LogP contribution in [-0.4, -0.2) is 31.8 Å². The van der Waals surface area contributed by atoms with Crippen molar-refractivity contribution in [3.05, 3.63) is 107 Å². The number of phenols is 2. The Bertz CT molecular complexity index is 2330. The largest absolute Gasteiger partial charge is 0.507 e. The summed E-state index contributed by atoms with van der Waals surface area (Å²) in [5.74, 6) is 0.318. The molecule has 2 N–H and O–H groups in total. The third kappa shape index (κ3) is 5.74. The number of hydrogen-bond acceptors (Lipinski definition) is 4. The second-order valence-corrected chi connectivity index (χ2v) is 12.5. The van der Waals surface area contributed by atoms with Gasteiger partial charge in [-0.1, -0.05) is 74.7 Å². The van der Waals surface area contributed by atoms with Gasteiger partial charge in [-0.3, -0.25) is 9.98 Å². The van der Waals surface area contributed by atoms with E-state index in [1.54, 1.807) is 24.6 Å². The normalized spacial score (nSPS) is 12.2. The molecule has 0 aliphatic carbocycles. The van der Waals surface area contributed by atoms with E-state index in [1.165, 1.54) is 0 Å². The number of unbranched alkanes of at least 4 members (excludes halogenated alkanes) is 2. The number of aliphatic imine (C=N–C) groups is 2. The molecule has 0 saturated heterocycles. The average molecular weight is 641 g/mol. The summed E-state index contributed by atoms with van der Waals surface area (Å²) in [6.07, 6.45) is 7.64. The lowest BCUT2D eigenvalue weighted by Crippen LogP contribution is -1.97. The molecule has 0 radical (unpaired) electrons. The van der Waals surface area contributed by atoms with E-state index in [0.29, 0.717) is 27.5 Å². The SMILES string of the molecule is CCCCn1c2ccccc2c2cc(O)c(C=Nc3ccc(Cl)cc3N=Cc3cc4c(cc3O)c3ccccc3n4CCCC)cc21. The van der Waals surface area contributed by atoms with Gasteiger partial charge in [0.1, 0.15) is 11.5 Å². The molecule has 0 amide bonds. The molecule has 0 unspecified atom stereocenters. The minimum Gasteiger partial charge on any atom is -0.507 e. The number of fused-ring (bicyclic) bond motifs is 6. The van der Waals surface area contributed by atoms with Crippen LogP contribution in [-0.2, 0) is 13.1 Å². The van der Waals surface area contributed by atoms with Crippen LogP contribution in [0.25, 0.3) is 43.6 Å². The Balaban J connectivity index is 1.26. The van der Waals surface area contributed by atoms with Gasteiger partial charge in [0.15, 0.2) is 0 Å². The molecular formula is C40H37ClN4O2. The van der Waals surface area contributed by atoms with Crippen molar-refractivity contribution in [3.63, 3.8) is 0 Å². The van der Waals surface area contributed by atoms with E-state index in [2.05, 4.69) is 59.4 Å². The van der Waals surface area contributed by atoms with E-state index < -0.39 is 0 Å². The lowest BCUT2D eigenvalue weighted by Gasteiger charge is -2.08. The predicted octanol–water partition coefficient (Wildman–Crippen LogP) is 11.1. The highest BCUT2D eigenvalue weighted by Crippen LogP contribution is 2.37. The molecule has 236 valence electrons. The summed E-state index contributed by atoms with van der Waals surface area (Å²) in [6, 6.07) is 29.7. The number of aryl methyl sites for hydroxylation is 2. The molecule has 2 heterocycles. The number of nitrogens with zero attached hydrogens (tertiary/aromatic N) is 4. The molecule has 6 nitrogen and oxygen atoms in total. The Hall–Kier alpha value is -5.07. The Morgan fingerprint density at radius 2 is 1.06 bits per heavy atom. The predicted molar refractivity (Wildman–Crippen MR) is 198 cm³/mol. The molecule has 0 bridgehead atoms. The van der Waals surface area contributed by atoms with Crippen LogP contribution in [0.1, 0.15) is 50.7 Å². The minimum absolute atomic E-state index is 0.156. The first kappa shape index (κ1) is 30.6. The fourth-order valence-corrected chi connectivity index (χ4v) is 6.67. The van der Waals surface area contributed by atoms with Gasteiger partial charge in [-0.15, -0.1) is 0 Å². The summed E-state index contributed by atoms with van der Waals surface area (Å²) >= 11 is 6.41. The van der Waals surface area contributed by atoms with E-state index in [0.717, 1.165) is 82.4 Å². The number of aromatic hydroxyl groups is 2. The molecule has 7 rings (SSSR count). The summed E-state index contributed by atoms with van der Waals surface area (Å²) in [4.78, 5) is 9.51. The van der Waals surface area contributed by atoms with Crippen molar-refractivity contribution in [3.8, 4) is 11.5 Å². The van der Waals surface area contributed by atoms with Crippen LogP contribution in [0.4, 0.5) is 11.4 Å². The second kappa shape index (κ2) is 13.0. The monoisotopic (exact) mass is 640 g/mol. The summed E-state index contributed by atoms with van der Waals surface area (Å²) in [6.45, 7) is 6.18. The standard InChI is InChI=1S/C40H37ClN4O2/c1-3-5-17-44-35-13-9-7-11-29(35)31-22-39(46)26(19-37(31)44)24-42-33-16-15-28(41)21-34(33)43-25-27-20-38-32(23-40(27)47)30-12-8-10-14-36(30)45(38)18-6-4-2/h7-16,19-25,46-47H,3-6,17-18H2,1-2H3. The van der Waals surface area contributed by atoms with Crippen molar-refractivity contribution < 1.29 is 10.2 Å². The van der Waals surface area contributed by atoms with Crippen LogP contribution >= 0.6 is 11.6 Å². The van der Waals surface area contributed by atoms with E-state index in [1.807, 2.05) is 42.5 Å². The van der Waals surface area contributed by atoms with E-state index in [-0.39, 0.29) is 11.5 Å². The summed E-state index contributed by atoms with van der Waals surface area (Å²) < 4.78 is 4.65. The second-order valence-electron chi connectivity index (χ2n) is 12.1. The highest BCUT2D eigenvalue weighted by atomic mass is 35.5. The topological polar surface area (TPSA) is 75.0 Å². The fourth-order valence-electron chi connectivity index (χ4n) is 6.51. The zero-order valence-electron chi connectivity index (χ0n) is 26.6. The summed E-state index contributed by atoms with van der Waals surface area (Å²) in [5, 5.41) is 26.9. The van der Waals surface area contributed by atoms with Crippen LogP contribution in [0.3, 0.4) is 0 Å². The molecule has 7 heteroatoms. The Morgan fingerprint density at radius 1 is 0.574 bits per heavy atom. The van der Waals surface area contributed by atoms with Crippen LogP contribution in [0.15, 0.2) is 101 Å². The number of phenolic OH excluding ortho intramolecular Hbond substituents is 2. The Labute approximate surface area is 278 Å². The molecule has 0 saturated carbocycles. The van der Waals surface area contributed by atoms with Crippen LogP contribution in [0.5, 0.6) is 11.5 Å². The maximum absolute atomic E-state index is 11.1. The molecule has 0 atom stereocenters. The minimum atomic E-state index is 0.156. The van der Waals surface area contributed by atoms with Crippen LogP contribution < -0.4 is 0 Å². The molecule has 2 aromatic heterocycles.